The molecule has 2 aromatic rings. The monoisotopic (exact) mass is 298 g/mol. The van der Waals surface area contributed by atoms with Gasteiger partial charge in [-0.2, -0.15) is 0 Å². The van der Waals surface area contributed by atoms with Crippen molar-refractivity contribution in [2.75, 3.05) is 0 Å². The van der Waals surface area contributed by atoms with E-state index in [2.05, 4.69) is 65.6 Å². The summed E-state index contributed by atoms with van der Waals surface area (Å²) in [5, 5.41) is 1.34. The van der Waals surface area contributed by atoms with Gasteiger partial charge in [0.1, 0.15) is 11.9 Å². The van der Waals surface area contributed by atoms with Crippen LogP contribution in [0.3, 0.4) is 0 Å². The lowest BCUT2D eigenvalue weighted by molar-refractivity contribution is 0.281. The third-order valence-electron chi connectivity index (χ3n) is 4.38. The van der Waals surface area contributed by atoms with Gasteiger partial charge < -0.3 is 4.74 Å². The minimum atomic E-state index is 0.421. The zero-order valence-corrected chi connectivity index (χ0v) is 14.0. The van der Waals surface area contributed by atoms with Crippen LogP contribution in [0.25, 0.3) is 0 Å². The Balaban J connectivity index is 1.51. The van der Waals surface area contributed by atoms with Crippen molar-refractivity contribution in [1.82, 2.24) is 0 Å². The first-order valence-electron chi connectivity index (χ1n) is 7.71. The molecule has 3 atom stereocenters. The zero-order valence-electron chi connectivity index (χ0n) is 12.8. The van der Waals surface area contributed by atoms with E-state index in [9.17, 15) is 0 Å². The van der Waals surface area contributed by atoms with Crippen molar-refractivity contribution >= 4 is 14.5 Å². The summed E-state index contributed by atoms with van der Waals surface area (Å²) in [4.78, 5) is 0. The molecule has 2 heteroatoms. The molecule has 110 valence electrons. The summed E-state index contributed by atoms with van der Waals surface area (Å²) in [7, 11) is 2.86. The molecule has 0 bridgehead atoms. The Bertz CT molecular complexity index is 598. The Kier molecular flexibility index (Phi) is 4.31. The van der Waals surface area contributed by atoms with Crippen molar-refractivity contribution in [3.05, 3.63) is 59.2 Å². The highest BCUT2D eigenvalue weighted by Crippen LogP contribution is 2.38. The number of benzene rings is 2. The summed E-state index contributed by atoms with van der Waals surface area (Å²) >= 11 is 0. The van der Waals surface area contributed by atoms with E-state index >= 15 is 0 Å². The molecule has 3 rings (SSSR count). The maximum Gasteiger partial charge on any atom is 0.119 e. The molecule has 1 saturated carbocycles. The third kappa shape index (κ3) is 3.66. The van der Waals surface area contributed by atoms with Crippen molar-refractivity contribution in [1.29, 1.82) is 0 Å². The lowest BCUT2D eigenvalue weighted by atomic mass is 10.0. The molecule has 0 N–H and O–H groups in total. The Morgan fingerprint density at radius 1 is 1.10 bits per heavy atom. The Hall–Kier alpha value is -1.33. The fourth-order valence-electron chi connectivity index (χ4n) is 2.86. The fraction of sp³-hybridized carbons (Fsp3) is 0.368. The van der Waals surface area contributed by atoms with E-state index in [1.165, 1.54) is 34.8 Å². The van der Waals surface area contributed by atoms with Crippen LogP contribution >= 0.6 is 9.24 Å². The van der Waals surface area contributed by atoms with Gasteiger partial charge >= 0.3 is 0 Å². The predicted molar refractivity (Wildman–Crippen MR) is 92.5 cm³/mol. The summed E-state index contributed by atoms with van der Waals surface area (Å²) in [5.74, 6) is 1.73. The number of hydrogen-bond donors (Lipinski definition) is 0. The highest BCUT2D eigenvalue weighted by molar-refractivity contribution is 7.27. The normalized spacial score (nSPS) is 20.3. The number of rotatable bonds is 5. The molecular weight excluding hydrogens is 275 g/mol. The number of hydrogen-bond acceptors (Lipinski definition) is 1. The first-order valence-corrected chi connectivity index (χ1v) is 8.28. The molecule has 0 spiro atoms. The van der Waals surface area contributed by atoms with Gasteiger partial charge in [0.05, 0.1) is 0 Å². The summed E-state index contributed by atoms with van der Waals surface area (Å²) in [6.07, 6.45) is 4.00. The minimum Gasteiger partial charge on any atom is -0.490 e. The van der Waals surface area contributed by atoms with E-state index in [-0.39, 0.29) is 0 Å². The number of aryl methyl sites for hydroxylation is 2. The Morgan fingerprint density at radius 2 is 1.86 bits per heavy atom. The molecule has 21 heavy (non-hydrogen) atoms. The molecule has 1 aliphatic rings. The molecule has 2 aromatic carbocycles. The summed E-state index contributed by atoms with van der Waals surface area (Å²) in [6, 6.07) is 14.9. The second-order valence-corrected chi connectivity index (χ2v) is 6.77. The highest BCUT2D eigenvalue weighted by atomic mass is 31.0. The first-order chi connectivity index (χ1) is 10.1. The van der Waals surface area contributed by atoms with Gasteiger partial charge in [-0.25, -0.2) is 0 Å². The lowest BCUT2D eigenvalue weighted by Crippen LogP contribution is -2.06. The van der Waals surface area contributed by atoms with E-state index in [0.29, 0.717) is 6.10 Å². The predicted octanol–water partition coefficient (Wildman–Crippen LogP) is 4.20. The SMILES string of the molecule is Cc1ccc(OC2CC2CCc2c(C)cccc2P)cc1. The van der Waals surface area contributed by atoms with E-state index in [1.807, 2.05) is 0 Å². The summed E-state index contributed by atoms with van der Waals surface area (Å²) in [5.41, 5.74) is 4.17. The lowest BCUT2D eigenvalue weighted by Gasteiger charge is -2.09. The van der Waals surface area contributed by atoms with Crippen molar-refractivity contribution in [3.8, 4) is 5.75 Å². The zero-order chi connectivity index (χ0) is 14.8. The molecule has 0 aromatic heterocycles. The van der Waals surface area contributed by atoms with Crippen molar-refractivity contribution in [3.63, 3.8) is 0 Å². The molecule has 0 amide bonds. The van der Waals surface area contributed by atoms with Crippen LogP contribution < -0.4 is 10.0 Å². The molecular formula is C19H23OP. The van der Waals surface area contributed by atoms with Crippen LogP contribution in [0, 0.1) is 19.8 Å². The third-order valence-corrected chi connectivity index (χ3v) is 4.92. The van der Waals surface area contributed by atoms with Crippen LogP contribution in [0.1, 0.15) is 29.5 Å². The highest BCUT2D eigenvalue weighted by Gasteiger charge is 2.38. The second-order valence-electron chi connectivity index (χ2n) is 6.15. The second kappa shape index (κ2) is 6.20. The molecule has 1 fully saturated rings. The minimum absolute atomic E-state index is 0.421. The number of ether oxygens (including phenoxy) is 1. The van der Waals surface area contributed by atoms with E-state index in [0.717, 1.165) is 18.1 Å². The van der Waals surface area contributed by atoms with Gasteiger partial charge in [-0.1, -0.05) is 35.9 Å². The van der Waals surface area contributed by atoms with Crippen molar-refractivity contribution in [2.24, 2.45) is 5.92 Å². The molecule has 0 saturated heterocycles. The molecule has 0 heterocycles. The van der Waals surface area contributed by atoms with Crippen LogP contribution in [0.5, 0.6) is 5.75 Å². The maximum atomic E-state index is 6.04. The first kappa shape index (κ1) is 14.6. The van der Waals surface area contributed by atoms with Gasteiger partial charge in [-0.15, -0.1) is 9.24 Å². The van der Waals surface area contributed by atoms with E-state index < -0.39 is 0 Å². The molecule has 0 aliphatic heterocycles. The molecule has 1 nitrogen and oxygen atoms in total. The standard InChI is InChI=1S/C19H23OP/c1-13-6-9-16(10-7-13)20-18-12-15(18)8-11-17-14(2)4-3-5-19(17)21/h3-7,9-10,15,18H,8,11-12,21H2,1-2H3. The van der Waals surface area contributed by atoms with E-state index in [1.54, 1.807) is 0 Å². The van der Waals surface area contributed by atoms with Gasteiger partial charge in [0, 0.05) is 0 Å². The van der Waals surface area contributed by atoms with Crippen LogP contribution in [0.15, 0.2) is 42.5 Å². The van der Waals surface area contributed by atoms with Gasteiger partial charge in [0.2, 0.25) is 0 Å². The van der Waals surface area contributed by atoms with Gasteiger partial charge in [-0.05, 0) is 67.6 Å². The van der Waals surface area contributed by atoms with E-state index in [4.69, 9.17) is 4.74 Å². The van der Waals surface area contributed by atoms with Crippen molar-refractivity contribution < 1.29 is 4.74 Å². The summed E-state index contributed by atoms with van der Waals surface area (Å²) < 4.78 is 6.04. The van der Waals surface area contributed by atoms with Gasteiger partial charge in [0.15, 0.2) is 0 Å². The smallest absolute Gasteiger partial charge is 0.119 e. The Morgan fingerprint density at radius 3 is 2.57 bits per heavy atom. The molecule has 0 radical (unpaired) electrons. The molecule has 3 unspecified atom stereocenters. The average Bonchev–Trinajstić information content (AvgIpc) is 3.19. The summed E-state index contributed by atoms with van der Waals surface area (Å²) in [6.45, 7) is 4.31. The van der Waals surface area contributed by atoms with Crippen LogP contribution in [-0.4, -0.2) is 6.10 Å². The van der Waals surface area contributed by atoms with Gasteiger partial charge in [-0.3, -0.25) is 0 Å². The average molecular weight is 298 g/mol. The molecule has 1 aliphatic carbocycles. The van der Waals surface area contributed by atoms with Gasteiger partial charge in [0.25, 0.3) is 0 Å². The van der Waals surface area contributed by atoms with Crippen LogP contribution in [0.4, 0.5) is 0 Å². The quantitative estimate of drug-likeness (QED) is 0.752. The van der Waals surface area contributed by atoms with Crippen molar-refractivity contribution in [2.45, 2.75) is 39.2 Å². The van der Waals surface area contributed by atoms with Crippen LogP contribution in [-0.2, 0) is 6.42 Å². The topological polar surface area (TPSA) is 9.23 Å². The largest absolute Gasteiger partial charge is 0.490 e. The fourth-order valence-corrected chi connectivity index (χ4v) is 3.34. The van der Waals surface area contributed by atoms with Crippen LogP contribution in [0.2, 0.25) is 0 Å². The Labute approximate surface area is 129 Å². The maximum absolute atomic E-state index is 6.04.